The van der Waals surface area contributed by atoms with E-state index in [4.69, 9.17) is 4.74 Å². The lowest BCUT2D eigenvalue weighted by atomic mass is 10.1. The molecule has 38 heavy (non-hydrogen) atoms. The van der Waals surface area contributed by atoms with E-state index in [1.807, 2.05) is 41.8 Å². The van der Waals surface area contributed by atoms with E-state index in [0.29, 0.717) is 5.69 Å². The van der Waals surface area contributed by atoms with Crippen LogP contribution in [0.4, 0.5) is 24.0 Å². The van der Waals surface area contributed by atoms with Gasteiger partial charge in [-0.15, -0.1) is 11.3 Å². The van der Waals surface area contributed by atoms with Gasteiger partial charge in [-0.25, -0.2) is 4.98 Å². The Morgan fingerprint density at radius 1 is 0.921 bits per heavy atom. The summed E-state index contributed by atoms with van der Waals surface area (Å²) in [6, 6.07) is 20.5. The molecule has 5 rings (SSSR count). The number of nitrogens with zero attached hydrogens (tertiary/aromatic N) is 2. The molecule has 5 aromatic rings. The van der Waals surface area contributed by atoms with Crippen LogP contribution >= 0.6 is 23.3 Å². The van der Waals surface area contributed by atoms with Gasteiger partial charge in [0.15, 0.2) is 11.7 Å². The first kappa shape index (κ1) is 25.6. The molecule has 0 atom stereocenters. The van der Waals surface area contributed by atoms with Gasteiger partial charge in [-0.05, 0) is 65.5 Å². The van der Waals surface area contributed by atoms with Crippen molar-refractivity contribution in [1.82, 2.24) is 9.97 Å². The van der Waals surface area contributed by atoms with Crippen molar-refractivity contribution in [2.24, 2.45) is 0 Å². The van der Waals surface area contributed by atoms with Crippen LogP contribution in [-0.2, 0) is 11.0 Å². The van der Waals surface area contributed by atoms with Crippen molar-refractivity contribution in [3.63, 3.8) is 0 Å². The monoisotopic (exact) mass is 552 g/mol. The normalized spacial score (nSPS) is 11.3. The lowest BCUT2D eigenvalue weighted by Crippen LogP contribution is -2.20. The van der Waals surface area contributed by atoms with Crippen molar-refractivity contribution < 1.29 is 22.7 Å². The van der Waals surface area contributed by atoms with Gasteiger partial charge >= 0.3 is 6.18 Å². The Labute approximate surface area is 224 Å². The second-order valence-corrected chi connectivity index (χ2v) is 9.76. The minimum Gasteiger partial charge on any atom is -0.483 e. The third-order valence-electron chi connectivity index (χ3n) is 5.44. The molecule has 1 amide bonds. The van der Waals surface area contributed by atoms with Crippen LogP contribution in [0.1, 0.15) is 5.56 Å². The Balaban J connectivity index is 1.18. The first-order chi connectivity index (χ1) is 18.4. The summed E-state index contributed by atoms with van der Waals surface area (Å²) in [4.78, 5) is 21.5. The number of para-hydroxylation sites is 1. The maximum atomic E-state index is 13.3. The van der Waals surface area contributed by atoms with Gasteiger partial charge in [0.25, 0.3) is 5.91 Å². The van der Waals surface area contributed by atoms with E-state index in [9.17, 15) is 18.0 Å². The van der Waals surface area contributed by atoms with Crippen molar-refractivity contribution in [2.75, 3.05) is 16.6 Å². The van der Waals surface area contributed by atoms with Crippen molar-refractivity contribution in [3.8, 4) is 16.9 Å². The first-order valence-corrected chi connectivity index (χ1v) is 13.0. The maximum Gasteiger partial charge on any atom is 0.418 e. The van der Waals surface area contributed by atoms with Gasteiger partial charge in [-0.2, -0.15) is 13.2 Å². The standard InChI is InChI=1S/C27H19F3N4O2S2/c28-27(29,30)22-3-1-2-21-23(12-13-31-25(21)22)36-16-24(35)33-19-8-4-17(5-9-19)18-6-10-20(11-7-18)38-34-26-32-14-15-37-26/h1-15H,16H2,(H,32,34)(H,33,35). The molecule has 3 aromatic carbocycles. The molecule has 0 aliphatic carbocycles. The second-order valence-electron chi connectivity index (χ2n) is 7.99. The van der Waals surface area contributed by atoms with Crippen LogP contribution in [0.25, 0.3) is 22.0 Å². The molecule has 0 aliphatic rings. The molecule has 192 valence electrons. The average Bonchev–Trinajstić information content (AvgIpc) is 3.44. The Kier molecular flexibility index (Phi) is 7.47. The number of rotatable bonds is 8. The zero-order valence-corrected chi connectivity index (χ0v) is 21.2. The summed E-state index contributed by atoms with van der Waals surface area (Å²) in [5.74, 6) is -0.293. The van der Waals surface area contributed by atoms with Crippen molar-refractivity contribution >= 4 is 50.9 Å². The number of carbonyl (C=O) groups is 1. The van der Waals surface area contributed by atoms with Gasteiger partial charge in [-0.1, -0.05) is 30.3 Å². The van der Waals surface area contributed by atoms with Gasteiger partial charge in [0.2, 0.25) is 0 Å². The molecule has 0 fully saturated rings. The fourth-order valence-electron chi connectivity index (χ4n) is 3.68. The summed E-state index contributed by atoms with van der Waals surface area (Å²) in [5, 5.41) is 5.67. The number of aromatic nitrogens is 2. The van der Waals surface area contributed by atoms with Gasteiger partial charge in [0.1, 0.15) is 5.75 Å². The molecule has 2 aromatic heterocycles. The minimum absolute atomic E-state index is 0.148. The highest BCUT2D eigenvalue weighted by molar-refractivity contribution is 8.00. The number of anilines is 2. The van der Waals surface area contributed by atoms with E-state index in [-0.39, 0.29) is 23.3 Å². The summed E-state index contributed by atoms with van der Waals surface area (Å²) in [5.41, 5.74) is 1.49. The van der Waals surface area contributed by atoms with E-state index in [2.05, 4.69) is 20.0 Å². The summed E-state index contributed by atoms with van der Waals surface area (Å²) in [6.07, 6.45) is -1.57. The lowest BCUT2D eigenvalue weighted by molar-refractivity contribution is -0.136. The number of carbonyl (C=O) groups excluding carboxylic acids is 1. The third-order valence-corrected chi connectivity index (χ3v) is 7.06. The van der Waals surface area contributed by atoms with Crippen LogP contribution in [0.3, 0.4) is 0 Å². The highest BCUT2D eigenvalue weighted by Crippen LogP contribution is 2.36. The highest BCUT2D eigenvalue weighted by Gasteiger charge is 2.33. The molecular formula is C27H19F3N4O2S2. The molecule has 0 radical (unpaired) electrons. The van der Waals surface area contributed by atoms with E-state index in [1.165, 1.54) is 47.7 Å². The lowest BCUT2D eigenvalue weighted by Gasteiger charge is -2.13. The molecule has 2 heterocycles. The summed E-state index contributed by atoms with van der Waals surface area (Å²) < 4.78 is 48.6. The third kappa shape index (κ3) is 6.06. The largest absolute Gasteiger partial charge is 0.483 e. The molecule has 6 nitrogen and oxygen atoms in total. The predicted octanol–water partition coefficient (Wildman–Crippen LogP) is 7.51. The van der Waals surface area contributed by atoms with E-state index in [0.717, 1.165) is 27.2 Å². The highest BCUT2D eigenvalue weighted by atomic mass is 32.2. The number of pyridine rings is 1. The van der Waals surface area contributed by atoms with Gasteiger partial charge in [-0.3, -0.25) is 9.78 Å². The first-order valence-electron chi connectivity index (χ1n) is 11.3. The maximum absolute atomic E-state index is 13.3. The minimum atomic E-state index is -4.55. The number of ether oxygens (including phenoxy) is 1. The van der Waals surface area contributed by atoms with Crippen LogP contribution in [0.5, 0.6) is 5.75 Å². The van der Waals surface area contributed by atoms with E-state index >= 15 is 0 Å². The van der Waals surface area contributed by atoms with Crippen LogP contribution in [0.2, 0.25) is 0 Å². The number of hydrogen-bond acceptors (Lipinski definition) is 7. The second kappa shape index (κ2) is 11.1. The average molecular weight is 553 g/mol. The molecule has 2 N–H and O–H groups in total. The van der Waals surface area contributed by atoms with Gasteiger partial charge in [0.05, 0.1) is 11.1 Å². The molecule has 0 saturated carbocycles. The molecule has 0 spiro atoms. The number of alkyl halides is 3. The smallest absolute Gasteiger partial charge is 0.418 e. The molecule has 11 heteroatoms. The number of halogens is 3. The van der Waals surface area contributed by atoms with Gasteiger partial charge < -0.3 is 14.8 Å². The number of benzene rings is 3. The van der Waals surface area contributed by atoms with Gasteiger partial charge in [0, 0.05) is 33.7 Å². The summed E-state index contributed by atoms with van der Waals surface area (Å²) >= 11 is 3.01. The van der Waals surface area contributed by atoms with Crippen molar-refractivity contribution in [1.29, 1.82) is 0 Å². The fourth-order valence-corrected chi connectivity index (χ4v) is 4.90. The number of hydrogen-bond donors (Lipinski definition) is 2. The SMILES string of the molecule is O=C(COc1ccnc2c(C(F)(F)F)cccc12)Nc1ccc(-c2ccc(SNc3nccs3)cc2)cc1. The van der Waals surface area contributed by atoms with E-state index in [1.54, 1.807) is 18.3 Å². The number of fused-ring (bicyclic) bond motifs is 1. The van der Waals surface area contributed by atoms with Crippen LogP contribution < -0.4 is 14.8 Å². The quantitative estimate of drug-likeness (QED) is 0.194. The van der Waals surface area contributed by atoms with Crippen LogP contribution in [0.15, 0.2) is 95.5 Å². The Bertz CT molecular complexity index is 1540. The molecule has 0 unspecified atom stereocenters. The van der Waals surface area contributed by atoms with Crippen molar-refractivity contribution in [2.45, 2.75) is 11.1 Å². The Morgan fingerprint density at radius 2 is 1.66 bits per heavy atom. The molecule has 0 aliphatic heterocycles. The fraction of sp³-hybridized carbons (Fsp3) is 0.0741. The topological polar surface area (TPSA) is 76.1 Å². The number of amides is 1. The van der Waals surface area contributed by atoms with Crippen molar-refractivity contribution in [3.05, 3.63) is 96.1 Å². The van der Waals surface area contributed by atoms with E-state index < -0.39 is 17.6 Å². The Morgan fingerprint density at radius 3 is 2.34 bits per heavy atom. The van der Waals surface area contributed by atoms with Crippen LogP contribution in [-0.4, -0.2) is 22.5 Å². The summed E-state index contributed by atoms with van der Waals surface area (Å²) in [6.45, 7) is -0.370. The molecular weight excluding hydrogens is 533 g/mol. The number of thiazole rings is 1. The predicted molar refractivity (Wildman–Crippen MR) is 144 cm³/mol. The zero-order chi connectivity index (χ0) is 26.5. The summed E-state index contributed by atoms with van der Waals surface area (Å²) in [7, 11) is 0. The zero-order valence-electron chi connectivity index (χ0n) is 19.5. The number of nitrogens with one attached hydrogen (secondary N) is 2. The van der Waals surface area contributed by atoms with Crippen LogP contribution in [0, 0.1) is 0 Å². The molecule has 0 saturated heterocycles. The Hall–Kier alpha value is -4.09. The molecule has 0 bridgehead atoms.